The SMILES string of the molecule is N#CCc1cc(N2CCCCC2)c(F)cc1F. The fraction of sp³-hybridized carbons (Fsp3) is 0.462. The molecule has 1 aliphatic heterocycles. The van der Waals surface area contributed by atoms with Crippen LogP contribution in [0.3, 0.4) is 0 Å². The van der Waals surface area contributed by atoms with Crippen molar-refractivity contribution in [2.45, 2.75) is 25.7 Å². The second-order valence-corrected chi connectivity index (χ2v) is 4.28. The zero-order chi connectivity index (χ0) is 12.3. The maximum atomic E-state index is 13.7. The fourth-order valence-electron chi connectivity index (χ4n) is 2.18. The van der Waals surface area contributed by atoms with Crippen molar-refractivity contribution in [2.75, 3.05) is 18.0 Å². The summed E-state index contributed by atoms with van der Waals surface area (Å²) in [4.78, 5) is 1.93. The molecule has 0 atom stereocenters. The molecule has 0 unspecified atom stereocenters. The Morgan fingerprint density at radius 3 is 2.47 bits per heavy atom. The van der Waals surface area contributed by atoms with Crippen LogP contribution in [0.4, 0.5) is 14.5 Å². The second kappa shape index (κ2) is 5.13. The first-order valence-electron chi connectivity index (χ1n) is 5.82. The van der Waals surface area contributed by atoms with Gasteiger partial charge in [0.15, 0.2) is 0 Å². The molecule has 1 fully saturated rings. The second-order valence-electron chi connectivity index (χ2n) is 4.28. The molecule has 1 heterocycles. The Labute approximate surface area is 99.5 Å². The van der Waals surface area contributed by atoms with Gasteiger partial charge in [0.25, 0.3) is 0 Å². The first-order valence-corrected chi connectivity index (χ1v) is 5.82. The summed E-state index contributed by atoms with van der Waals surface area (Å²) in [7, 11) is 0. The highest BCUT2D eigenvalue weighted by Crippen LogP contribution is 2.26. The number of hydrogen-bond donors (Lipinski definition) is 0. The summed E-state index contributed by atoms with van der Waals surface area (Å²) in [6, 6.07) is 4.25. The van der Waals surface area contributed by atoms with Crippen LogP contribution in [-0.4, -0.2) is 13.1 Å². The van der Waals surface area contributed by atoms with E-state index < -0.39 is 11.6 Å². The quantitative estimate of drug-likeness (QED) is 0.789. The van der Waals surface area contributed by atoms with Gasteiger partial charge in [0.2, 0.25) is 0 Å². The summed E-state index contributed by atoms with van der Waals surface area (Å²) in [5.74, 6) is -1.17. The lowest BCUT2D eigenvalue weighted by atomic mass is 10.1. The summed E-state index contributed by atoms with van der Waals surface area (Å²) in [6.07, 6.45) is 3.20. The van der Waals surface area contributed by atoms with Crippen molar-refractivity contribution in [1.29, 1.82) is 5.26 Å². The summed E-state index contributed by atoms with van der Waals surface area (Å²) in [6.45, 7) is 1.60. The van der Waals surface area contributed by atoms with E-state index in [2.05, 4.69) is 0 Å². The van der Waals surface area contributed by atoms with E-state index in [9.17, 15) is 8.78 Å². The molecule has 17 heavy (non-hydrogen) atoms. The minimum absolute atomic E-state index is 0.0209. The lowest BCUT2D eigenvalue weighted by molar-refractivity contribution is 0.544. The zero-order valence-electron chi connectivity index (χ0n) is 9.55. The van der Waals surface area contributed by atoms with Gasteiger partial charge in [0.1, 0.15) is 11.6 Å². The molecule has 4 heteroatoms. The molecule has 0 aromatic heterocycles. The predicted octanol–water partition coefficient (Wildman–Crippen LogP) is 3.02. The molecule has 0 aliphatic carbocycles. The maximum Gasteiger partial charge on any atom is 0.149 e. The third-order valence-electron chi connectivity index (χ3n) is 3.08. The number of nitriles is 1. The van der Waals surface area contributed by atoms with Crippen LogP contribution in [0.25, 0.3) is 0 Å². The number of benzene rings is 1. The van der Waals surface area contributed by atoms with Crippen molar-refractivity contribution in [3.05, 3.63) is 29.3 Å². The van der Waals surface area contributed by atoms with Crippen molar-refractivity contribution in [2.24, 2.45) is 0 Å². The van der Waals surface area contributed by atoms with Crippen molar-refractivity contribution in [3.63, 3.8) is 0 Å². The largest absolute Gasteiger partial charge is 0.369 e. The number of hydrogen-bond acceptors (Lipinski definition) is 2. The van der Waals surface area contributed by atoms with Crippen molar-refractivity contribution >= 4 is 5.69 Å². The molecule has 1 aromatic carbocycles. The van der Waals surface area contributed by atoms with E-state index in [1.165, 1.54) is 6.07 Å². The monoisotopic (exact) mass is 236 g/mol. The normalized spacial score (nSPS) is 15.7. The average Bonchev–Trinajstić information content (AvgIpc) is 2.34. The van der Waals surface area contributed by atoms with Crippen LogP contribution in [0.15, 0.2) is 12.1 Å². The van der Waals surface area contributed by atoms with Gasteiger partial charge < -0.3 is 4.90 Å². The molecule has 0 spiro atoms. The van der Waals surface area contributed by atoms with Crippen LogP contribution in [-0.2, 0) is 6.42 Å². The van der Waals surface area contributed by atoms with E-state index >= 15 is 0 Å². The highest BCUT2D eigenvalue weighted by atomic mass is 19.1. The van der Waals surface area contributed by atoms with Crippen molar-refractivity contribution in [1.82, 2.24) is 0 Å². The zero-order valence-corrected chi connectivity index (χ0v) is 9.55. The Kier molecular flexibility index (Phi) is 3.58. The number of nitrogens with zero attached hydrogens (tertiary/aromatic N) is 2. The molecule has 2 rings (SSSR count). The molecule has 0 bridgehead atoms. The van der Waals surface area contributed by atoms with E-state index in [0.29, 0.717) is 5.69 Å². The topological polar surface area (TPSA) is 27.0 Å². The lowest BCUT2D eigenvalue weighted by Crippen LogP contribution is -2.30. The number of anilines is 1. The van der Waals surface area contributed by atoms with Gasteiger partial charge >= 0.3 is 0 Å². The number of rotatable bonds is 2. The molecule has 1 saturated heterocycles. The predicted molar refractivity (Wildman–Crippen MR) is 61.7 cm³/mol. The fourth-order valence-corrected chi connectivity index (χ4v) is 2.18. The number of halogens is 2. The third-order valence-corrected chi connectivity index (χ3v) is 3.08. The first-order chi connectivity index (χ1) is 8.22. The van der Waals surface area contributed by atoms with E-state index in [0.717, 1.165) is 38.4 Å². The maximum absolute atomic E-state index is 13.7. The van der Waals surface area contributed by atoms with E-state index in [4.69, 9.17) is 5.26 Å². The van der Waals surface area contributed by atoms with Crippen LogP contribution in [0.2, 0.25) is 0 Å². The third kappa shape index (κ3) is 2.55. The van der Waals surface area contributed by atoms with Crippen LogP contribution in [0.1, 0.15) is 24.8 Å². The average molecular weight is 236 g/mol. The first kappa shape index (κ1) is 11.8. The van der Waals surface area contributed by atoms with Gasteiger partial charge in [-0.15, -0.1) is 0 Å². The molecule has 0 amide bonds. The Morgan fingerprint density at radius 1 is 1.12 bits per heavy atom. The number of piperidine rings is 1. The molecule has 0 saturated carbocycles. The van der Waals surface area contributed by atoms with Gasteiger partial charge in [-0.25, -0.2) is 8.78 Å². The van der Waals surface area contributed by atoms with Gasteiger partial charge in [-0.3, -0.25) is 0 Å². The molecule has 90 valence electrons. The van der Waals surface area contributed by atoms with Gasteiger partial charge in [-0.1, -0.05) is 0 Å². The van der Waals surface area contributed by atoms with Crippen LogP contribution < -0.4 is 4.90 Å². The summed E-state index contributed by atoms with van der Waals surface area (Å²) in [5, 5.41) is 8.59. The highest BCUT2D eigenvalue weighted by Gasteiger charge is 2.17. The van der Waals surface area contributed by atoms with Gasteiger partial charge in [0, 0.05) is 24.7 Å². The van der Waals surface area contributed by atoms with Gasteiger partial charge in [0.05, 0.1) is 18.2 Å². The molecule has 0 radical (unpaired) electrons. The van der Waals surface area contributed by atoms with E-state index in [-0.39, 0.29) is 12.0 Å². The molecule has 0 N–H and O–H groups in total. The standard InChI is InChI=1S/C13H14F2N2/c14-11-9-12(15)13(8-10(11)4-5-16)17-6-2-1-3-7-17/h8-9H,1-4,6-7H2. The van der Waals surface area contributed by atoms with E-state index in [1.807, 2.05) is 11.0 Å². The minimum atomic E-state index is -0.634. The Morgan fingerprint density at radius 2 is 1.82 bits per heavy atom. The summed E-state index contributed by atoms with van der Waals surface area (Å²) >= 11 is 0. The smallest absolute Gasteiger partial charge is 0.149 e. The van der Waals surface area contributed by atoms with Crippen LogP contribution >= 0.6 is 0 Å². The lowest BCUT2D eigenvalue weighted by Gasteiger charge is -2.29. The summed E-state index contributed by atoms with van der Waals surface area (Å²) < 4.78 is 27.1. The Bertz CT molecular complexity index is 445. The molecule has 1 aliphatic rings. The molecule has 2 nitrogen and oxygen atoms in total. The van der Waals surface area contributed by atoms with E-state index in [1.54, 1.807) is 0 Å². The van der Waals surface area contributed by atoms with Crippen LogP contribution in [0, 0.1) is 23.0 Å². The van der Waals surface area contributed by atoms with Gasteiger partial charge in [-0.2, -0.15) is 5.26 Å². The molecular weight excluding hydrogens is 222 g/mol. The van der Waals surface area contributed by atoms with Gasteiger partial charge in [-0.05, 0) is 25.3 Å². The van der Waals surface area contributed by atoms with Crippen molar-refractivity contribution < 1.29 is 8.78 Å². The van der Waals surface area contributed by atoms with Crippen molar-refractivity contribution in [3.8, 4) is 6.07 Å². The Hall–Kier alpha value is -1.63. The molecular formula is C13H14F2N2. The highest BCUT2D eigenvalue weighted by molar-refractivity contribution is 5.51. The summed E-state index contributed by atoms with van der Waals surface area (Å²) in [5.41, 5.74) is 0.700. The minimum Gasteiger partial charge on any atom is -0.369 e. The molecule has 1 aromatic rings. The van der Waals surface area contributed by atoms with Crippen LogP contribution in [0.5, 0.6) is 0 Å². The Balaban J connectivity index is 2.32.